The van der Waals surface area contributed by atoms with Crippen molar-refractivity contribution in [3.63, 3.8) is 0 Å². The maximum absolute atomic E-state index is 2.22. The largest absolute Gasteiger partial charge is 1.00 e. The lowest BCUT2D eigenvalue weighted by molar-refractivity contribution is -0.678. The minimum Gasteiger partial charge on any atom is -1.00 e. The van der Waals surface area contributed by atoms with Gasteiger partial charge in [-0.2, -0.15) is 0 Å². The van der Waals surface area contributed by atoms with Gasteiger partial charge in [0.2, 0.25) is 0 Å². The molecule has 0 aliphatic heterocycles. The van der Waals surface area contributed by atoms with Crippen LogP contribution >= 0.6 is 0 Å². The molecule has 1 heterocycles. The predicted octanol–water partition coefficient (Wildman–Crippen LogP) is -2.28. The molecule has 11 heavy (non-hydrogen) atoms. The van der Waals surface area contributed by atoms with E-state index in [4.69, 9.17) is 0 Å². The first-order chi connectivity index (χ1) is 4.66. The molecule has 0 N–H and O–H groups in total. The number of nitrogens with zero attached hydrogens (tertiary/aromatic N) is 2. The van der Waals surface area contributed by atoms with Crippen LogP contribution in [0.5, 0.6) is 0 Å². The molecule has 0 unspecified atom stereocenters. The molecule has 0 bridgehead atoms. The van der Waals surface area contributed by atoms with Crippen molar-refractivity contribution in [2.24, 2.45) is 14.1 Å². The lowest BCUT2D eigenvalue weighted by atomic mass is 10.4. The molecule has 0 fully saturated rings. The number of hydrogen-bond donors (Lipinski definition) is 0. The lowest BCUT2D eigenvalue weighted by Gasteiger charge is -1.91. The summed E-state index contributed by atoms with van der Waals surface area (Å²) in [5.74, 6) is 1.37. The maximum atomic E-state index is 2.22. The zero-order chi connectivity index (χ0) is 7.72. The number of hydrogen-bond acceptors (Lipinski definition) is 0. The minimum absolute atomic E-state index is 0. The van der Waals surface area contributed by atoms with Crippen LogP contribution in [0, 0.1) is 6.92 Å². The van der Waals surface area contributed by atoms with Crippen LogP contribution in [-0.4, -0.2) is 4.57 Å². The van der Waals surface area contributed by atoms with Gasteiger partial charge in [0, 0.05) is 13.3 Å². The van der Waals surface area contributed by atoms with Gasteiger partial charge in [0.05, 0.1) is 14.1 Å². The monoisotopic (exact) mass is 266 g/mol. The van der Waals surface area contributed by atoms with E-state index in [0.29, 0.717) is 0 Å². The van der Waals surface area contributed by atoms with Crippen LogP contribution in [0.2, 0.25) is 0 Å². The fourth-order valence-electron chi connectivity index (χ4n) is 1.37. The molecule has 0 aliphatic carbocycles. The third-order valence-corrected chi connectivity index (χ3v) is 2.02. The SMILES string of the molecule is CCc1n(C)c(C)c[n+]1C.[I-]. The Hall–Kier alpha value is -0.0600. The Kier molecular flexibility index (Phi) is 4.07. The van der Waals surface area contributed by atoms with Crippen LogP contribution in [0.15, 0.2) is 6.20 Å². The molecule has 0 atom stereocenters. The summed E-state index contributed by atoms with van der Waals surface area (Å²) in [5, 5.41) is 0. The Balaban J connectivity index is 0.000001000. The van der Waals surface area contributed by atoms with Crippen molar-refractivity contribution in [2.75, 3.05) is 0 Å². The van der Waals surface area contributed by atoms with E-state index >= 15 is 0 Å². The smallest absolute Gasteiger partial charge is 0.255 e. The molecular formula is C8H15IN2. The van der Waals surface area contributed by atoms with Crippen molar-refractivity contribution in [1.29, 1.82) is 0 Å². The summed E-state index contributed by atoms with van der Waals surface area (Å²) in [6.07, 6.45) is 3.25. The van der Waals surface area contributed by atoms with Crippen molar-refractivity contribution >= 4 is 0 Å². The third-order valence-electron chi connectivity index (χ3n) is 2.02. The van der Waals surface area contributed by atoms with Crippen LogP contribution in [0.1, 0.15) is 18.4 Å². The van der Waals surface area contributed by atoms with Gasteiger partial charge in [-0.05, 0) is 0 Å². The van der Waals surface area contributed by atoms with E-state index < -0.39 is 0 Å². The molecule has 1 rings (SSSR count). The second-order valence-electron chi connectivity index (χ2n) is 2.71. The average molecular weight is 266 g/mol. The summed E-state index contributed by atoms with van der Waals surface area (Å²) in [6, 6.07) is 0. The normalized spacial score (nSPS) is 9.45. The molecule has 3 heteroatoms. The molecule has 64 valence electrons. The van der Waals surface area contributed by atoms with E-state index in [1.54, 1.807) is 0 Å². The Labute approximate surface area is 85.2 Å². The van der Waals surface area contributed by atoms with Gasteiger partial charge in [0.25, 0.3) is 5.82 Å². The molecule has 2 nitrogen and oxygen atoms in total. The molecule has 0 radical (unpaired) electrons. The highest BCUT2D eigenvalue weighted by molar-refractivity contribution is 4.94. The van der Waals surface area contributed by atoms with Crippen molar-refractivity contribution in [3.05, 3.63) is 17.7 Å². The molecule has 0 aliphatic rings. The summed E-state index contributed by atoms with van der Waals surface area (Å²) in [7, 11) is 4.19. The first-order valence-corrected chi connectivity index (χ1v) is 3.67. The molecule has 0 saturated carbocycles. The van der Waals surface area contributed by atoms with Crippen LogP contribution in [0.4, 0.5) is 0 Å². The van der Waals surface area contributed by atoms with Gasteiger partial charge >= 0.3 is 0 Å². The van der Waals surface area contributed by atoms with Crippen LogP contribution < -0.4 is 28.5 Å². The van der Waals surface area contributed by atoms with Gasteiger partial charge in [-0.25, -0.2) is 9.13 Å². The fraction of sp³-hybridized carbons (Fsp3) is 0.625. The lowest BCUT2D eigenvalue weighted by Crippen LogP contribution is -3.00. The van der Waals surface area contributed by atoms with Crippen LogP contribution in [0.25, 0.3) is 0 Å². The predicted molar refractivity (Wildman–Crippen MR) is 40.7 cm³/mol. The highest BCUT2D eigenvalue weighted by Crippen LogP contribution is 1.97. The molecule has 1 aromatic heterocycles. The highest BCUT2D eigenvalue weighted by atomic mass is 127. The number of aromatic nitrogens is 2. The molecule has 1 aromatic rings. The van der Waals surface area contributed by atoms with Crippen LogP contribution in [-0.2, 0) is 20.5 Å². The van der Waals surface area contributed by atoms with Gasteiger partial charge in [0.15, 0.2) is 0 Å². The number of imidazole rings is 1. The molecule has 0 aromatic carbocycles. The van der Waals surface area contributed by atoms with E-state index in [1.807, 2.05) is 0 Å². The maximum Gasteiger partial charge on any atom is 0.255 e. The summed E-state index contributed by atoms with van der Waals surface area (Å²) in [5.41, 5.74) is 1.32. The van der Waals surface area contributed by atoms with E-state index in [2.05, 4.69) is 43.3 Å². The molecule has 0 saturated heterocycles. The van der Waals surface area contributed by atoms with Gasteiger partial charge in [0.1, 0.15) is 11.9 Å². The Morgan fingerprint density at radius 1 is 1.55 bits per heavy atom. The second kappa shape index (κ2) is 4.09. The topological polar surface area (TPSA) is 8.81 Å². The molecule has 0 spiro atoms. The first kappa shape index (κ1) is 10.9. The Morgan fingerprint density at radius 2 is 2.09 bits per heavy atom. The van der Waals surface area contributed by atoms with Gasteiger partial charge in [-0.1, -0.05) is 6.92 Å². The zero-order valence-electron chi connectivity index (χ0n) is 7.56. The number of halogens is 1. The van der Waals surface area contributed by atoms with E-state index in [9.17, 15) is 0 Å². The third kappa shape index (κ3) is 1.95. The summed E-state index contributed by atoms with van der Waals surface area (Å²) in [6.45, 7) is 4.30. The first-order valence-electron chi connectivity index (χ1n) is 3.67. The van der Waals surface area contributed by atoms with Crippen molar-refractivity contribution < 1.29 is 28.5 Å². The Morgan fingerprint density at radius 3 is 2.27 bits per heavy atom. The minimum atomic E-state index is 0. The number of rotatable bonds is 1. The standard InChI is InChI=1S/C8H15N2.HI/c1-5-8-9(3)6-7(2)10(8)4;/h6H,5H2,1-4H3;1H/q+1;/p-1. The zero-order valence-corrected chi connectivity index (χ0v) is 9.71. The van der Waals surface area contributed by atoms with Gasteiger partial charge in [-0.3, -0.25) is 0 Å². The van der Waals surface area contributed by atoms with Crippen molar-refractivity contribution in [1.82, 2.24) is 4.57 Å². The van der Waals surface area contributed by atoms with E-state index in [1.165, 1.54) is 11.5 Å². The van der Waals surface area contributed by atoms with E-state index in [0.717, 1.165) is 6.42 Å². The van der Waals surface area contributed by atoms with Crippen molar-refractivity contribution in [3.8, 4) is 0 Å². The highest BCUT2D eigenvalue weighted by Gasteiger charge is 2.11. The second-order valence-corrected chi connectivity index (χ2v) is 2.71. The Bertz CT molecular complexity index is 240. The van der Waals surface area contributed by atoms with Crippen LogP contribution in [0.3, 0.4) is 0 Å². The van der Waals surface area contributed by atoms with Gasteiger partial charge < -0.3 is 24.0 Å². The molecular weight excluding hydrogens is 251 g/mol. The average Bonchev–Trinajstić information content (AvgIpc) is 2.09. The van der Waals surface area contributed by atoms with E-state index in [-0.39, 0.29) is 24.0 Å². The summed E-state index contributed by atoms with van der Waals surface area (Å²) < 4.78 is 4.40. The fourth-order valence-corrected chi connectivity index (χ4v) is 1.37. The summed E-state index contributed by atoms with van der Waals surface area (Å²) >= 11 is 0. The van der Waals surface area contributed by atoms with Gasteiger partial charge in [-0.15, -0.1) is 0 Å². The quantitative estimate of drug-likeness (QED) is 0.400. The molecule has 0 amide bonds. The number of aryl methyl sites for hydroxylation is 2. The van der Waals surface area contributed by atoms with Crippen molar-refractivity contribution in [2.45, 2.75) is 20.3 Å². The summed E-state index contributed by atoms with van der Waals surface area (Å²) in [4.78, 5) is 0.